The minimum atomic E-state index is -3.79. The van der Waals surface area contributed by atoms with Crippen LogP contribution in [0.15, 0.2) is 70.4 Å². The molecule has 35 heavy (non-hydrogen) atoms. The quantitative estimate of drug-likeness (QED) is 0.513. The molecular weight excluding hydrogens is 468 g/mol. The number of nitrogens with one attached hydrogen (secondary N) is 1. The normalized spacial score (nSPS) is 14.4. The van der Waals surface area contributed by atoms with Crippen molar-refractivity contribution >= 4 is 21.6 Å². The first-order valence-electron chi connectivity index (χ1n) is 11.6. The van der Waals surface area contributed by atoms with Crippen molar-refractivity contribution in [3.05, 3.63) is 71.0 Å². The van der Waals surface area contributed by atoms with Crippen LogP contribution in [0.2, 0.25) is 0 Å². The van der Waals surface area contributed by atoms with E-state index in [9.17, 15) is 18.0 Å². The zero-order valence-corrected chi connectivity index (χ0v) is 20.3. The lowest BCUT2D eigenvalue weighted by Gasteiger charge is -2.27. The average molecular weight is 497 g/mol. The largest absolute Gasteiger partial charge is 0.492 e. The summed E-state index contributed by atoms with van der Waals surface area (Å²) in [6.45, 7) is 2.68. The summed E-state index contributed by atoms with van der Waals surface area (Å²) < 4.78 is 34.7. The van der Waals surface area contributed by atoms with Crippen LogP contribution in [0.3, 0.4) is 0 Å². The molecule has 1 amide bonds. The van der Waals surface area contributed by atoms with Crippen LogP contribution in [-0.2, 0) is 21.4 Å². The Morgan fingerprint density at radius 2 is 1.77 bits per heavy atom. The summed E-state index contributed by atoms with van der Waals surface area (Å²) >= 11 is 0. The maximum atomic E-state index is 13.3. The number of sulfonamides is 1. The van der Waals surface area contributed by atoms with E-state index in [4.69, 9.17) is 4.74 Å². The number of carbonyl (C=O) groups is 1. The summed E-state index contributed by atoms with van der Waals surface area (Å²) in [6.07, 6.45) is 2.62. The molecule has 1 N–H and O–H groups in total. The number of hydrogen-bond donors (Lipinski definition) is 1. The van der Waals surface area contributed by atoms with E-state index in [0.29, 0.717) is 31.1 Å². The van der Waals surface area contributed by atoms with Crippen molar-refractivity contribution in [2.75, 3.05) is 25.0 Å². The lowest BCUT2D eigenvalue weighted by Crippen LogP contribution is -2.36. The predicted molar refractivity (Wildman–Crippen MR) is 133 cm³/mol. The van der Waals surface area contributed by atoms with Gasteiger partial charge in [-0.3, -0.25) is 9.59 Å². The highest BCUT2D eigenvalue weighted by molar-refractivity contribution is 7.89. The number of piperidine rings is 1. The Labute approximate surface area is 204 Å². The second-order valence-electron chi connectivity index (χ2n) is 8.19. The van der Waals surface area contributed by atoms with Crippen LogP contribution >= 0.6 is 0 Å². The standard InChI is InChI=1S/C25H28N4O5S/c1-2-34-22-13-11-20(17-23(22)35(32,33)28-15-7-4-8-16-28)26-24(30)18-29-25(31)14-12-21(27-29)19-9-5-3-6-10-19/h3,5-6,9-14,17H,2,4,7-8,15-16,18H2,1H3,(H,26,30). The fraction of sp³-hybridized carbons (Fsp3) is 0.320. The van der Waals surface area contributed by atoms with Crippen LogP contribution in [0.4, 0.5) is 5.69 Å². The van der Waals surface area contributed by atoms with Crippen LogP contribution in [-0.4, -0.2) is 48.1 Å². The number of carbonyl (C=O) groups excluding carboxylic acids is 1. The molecule has 0 aliphatic carbocycles. The van der Waals surface area contributed by atoms with Gasteiger partial charge in [0.15, 0.2) is 0 Å². The molecule has 0 spiro atoms. The number of amides is 1. The van der Waals surface area contributed by atoms with Gasteiger partial charge in [0.05, 0.1) is 12.3 Å². The van der Waals surface area contributed by atoms with Gasteiger partial charge in [-0.05, 0) is 44.0 Å². The van der Waals surface area contributed by atoms with Crippen molar-refractivity contribution in [1.82, 2.24) is 14.1 Å². The SMILES string of the molecule is CCOc1ccc(NC(=O)Cn2nc(-c3ccccc3)ccc2=O)cc1S(=O)(=O)N1CCCCC1. The highest BCUT2D eigenvalue weighted by Crippen LogP contribution is 2.31. The Hall–Kier alpha value is -3.50. The first-order chi connectivity index (χ1) is 16.9. The van der Waals surface area contributed by atoms with E-state index in [1.165, 1.54) is 22.5 Å². The molecular formula is C25H28N4O5S. The third-order valence-corrected chi connectivity index (χ3v) is 7.61. The Balaban J connectivity index is 1.56. The van der Waals surface area contributed by atoms with E-state index < -0.39 is 21.5 Å². The Morgan fingerprint density at radius 1 is 1.03 bits per heavy atom. The van der Waals surface area contributed by atoms with Gasteiger partial charge in [0, 0.05) is 30.4 Å². The van der Waals surface area contributed by atoms with Gasteiger partial charge < -0.3 is 10.1 Å². The fourth-order valence-corrected chi connectivity index (χ4v) is 5.64. The van der Waals surface area contributed by atoms with Gasteiger partial charge in [0.2, 0.25) is 15.9 Å². The Morgan fingerprint density at radius 3 is 2.49 bits per heavy atom. The molecule has 0 saturated carbocycles. The summed E-state index contributed by atoms with van der Waals surface area (Å²) in [6, 6.07) is 16.8. The van der Waals surface area contributed by atoms with Gasteiger partial charge >= 0.3 is 0 Å². The molecule has 1 aliphatic heterocycles. The van der Waals surface area contributed by atoms with E-state index in [2.05, 4.69) is 10.4 Å². The predicted octanol–water partition coefficient (Wildman–Crippen LogP) is 3.12. The molecule has 2 heterocycles. The lowest BCUT2D eigenvalue weighted by molar-refractivity contribution is -0.117. The molecule has 0 unspecified atom stereocenters. The molecule has 1 aliphatic rings. The third kappa shape index (κ3) is 5.77. The smallest absolute Gasteiger partial charge is 0.267 e. The van der Waals surface area contributed by atoms with Gasteiger partial charge in [0.1, 0.15) is 17.2 Å². The fourth-order valence-electron chi connectivity index (χ4n) is 3.97. The second-order valence-corrected chi connectivity index (χ2v) is 10.1. The number of rotatable bonds is 8. The molecule has 4 rings (SSSR count). The molecule has 1 aromatic heterocycles. The number of ether oxygens (including phenoxy) is 1. The van der Waals surface area contributed by atoms with Gasteiger partial charge in [-0.15, -0.1) is 0 Å². The first-order valence-corrected chi connectivity index (χ1v) is 13.0. The summed E-state index contributed by atoms with van der Waals surface area (Å²) in [5.41, 5.74) is 1.26. The highest BCUT2D eigenvalue weighted by atomic mass is 32.2. The lowest BCUT2D eigenvalue weighted by atomic mass is 10.1. The highest BCUT2D eigenvalue weighted by Gasteiger charge is 2.29. The molecule has 0 bridgehead atoms. The molecule has 3 aromatic rings. The number of hydrogen-bond acceptors (Lipinski definition) is 6. The second kappa shape index (κ2) is 10.8. The molecule has 1 fully saturated rings. The summed E-state index contributed by atoms with van der Waals surface area (Å²) in [5, 5.41) is 6.99. The van der Waals surface area contributed by atoms with Crippen LogP contribution < -0.4 is 15.6 Å². The maximum Gasteiger partial charge on any atom is 0.267 e. The third-order valence-electron chi connectivity index (χ3n) is 5.69. The summed E-state index contributed by atoms with van der Waals surface area (Å²) in [5.74, 6) is -0.264. The molecule has 1 saturated heterocycles. The number of benzene rings is 2. The van der Waals surface area contributed by atoms with E-state index in [1.54, 1.807) is 19.1 Å². The Bertz CT molecular complexity index is 1350. The average Bonchev–Trinajstić information content (AvgIpc) is 2.87. The van der Waals surface area contributed by atoms with Crippen molar-refractivity contribution in [2.24, 2.45) is 0 Å². The van der Waals surface area contributed by atoms with E-state index >= 15 is 0 Å². The van der Waals surface area contributed by atoms with E-state index in [1.807, 2.05) is 30.3 Å². The van der Waals surface area contributed by atoms with Gasteiger partial charge in [-0.25, -0.2) is 13.1 Å². The monoisotopic (exact) mass is 496 g/mol. The zero-order valence-electron chi connectivity index (χ0n) is 19.5. The molecule has 9 nitrogen and oxygen atoms in total. The minimum Gasteiger partial charge on any atom is -0.492 e. The summed E-state index contributed by atoms with van der Waals surface area (Å²) in [7, 11) is -3.79. The number of anilines is 1. The summed E-state index contributed by atoms with van der Waals surface area (Å²) in [4.78, 5) is 25.1. The van der Waals surface area contributed by atoms with Crippen molar-refractivity contribution in [3.63, 3.8) is 0 Å². The van der Waals surface area contributed by atoms with Crippen LogP contribution in [0.5, 0.6) is 5.75 Å². The van der Waals surface area contributed by atoms with Crippen molar-refractivity contribution in [2.45, 2.75) is 37.6 Å². The molecule has 2 aromatic carbocycles. The molecule has 10 heteroatoms. The van der Waals surface area contributed by atoms with Crippen molar-refractivity contribution in [1.29, 1.82) is 0 Å². The van der Waals surface area contributed by atoms with Crippen molar-refractivity contribution in [3.8, 4) is 17.0 Å². The van der Waals surface area contributed by atoms with Crippen LogP contribution in [0.1, 0.15) is 26.2 Å². The number of nitrogens with zero attached hydrogens (tertiary/aromatic N) is 3. The maximum absolute atomic E-state index is 13.3. The molecule has 0 atom stereocenters. The van der Waals surface area contributed by atoms with Crippen molar-refractivity contribution < 1.29 is 17.9 Å². The first kappa shape index (κ1) is 24.6. The Kier molecular flexibility index (Phi) is 7.62. The van der Waals surface area contributed by atoms with E-state index in [0.717, 1.165) is 29.5 Å². The van der Waals surface area contributed by atoms with E-state index in [-0.39, 0.29) is 17.2 Å². The van der Waals surface area contributed by atoms with Gasteiger partial charge in [0.25, 0.3) is 5.56 Å². The van der Waals surface area contributed by atoms with Gasteiger partial charge in [-0.2, -0.15) is 9.40 Å². The van der Waals surface area contributed by atoms with Gasteiger partial charge in [-0.1, -0.05) is 36.8 Å². The topological polar surface area (TPSA) is 111 Å². The van der Waals surface area contributed by atoms with Crippen LogP contribution in [0, 0.1) is 0 Å². The minimum absolute atomic E-state index is 0.0143. The molecule has 184 valence electrons. The molecule has 0 radical (unpaired) electrons. The number of aromatic nitrogens is 2. The van der Waals surface area contributed by atoms with Crippen LogP contribution in [0.25, 0.3) is 11.3 Å². The zero-order chi connectivity index (χ0) is 24.8.